The molecule has 0 amide bonds. The van der Waals surface area contributed by atoms with Crippen LogP contribution in [-0.2, 0) is 11.8 Å². The first-order valence-corrected chi connectivity index (χ1v) is 9.16. The van der Waals surface area contributed by atoms with Gasteiger partial charge in [0, 0.05) is 25.2 Å². The first-order chi connectivity index (χ1) is 14.3. The van der Waals surface area contributed by atoms with Gasteiger partial charge in [-0.2, -0.15) is 26.3 Å². The number of aliphatic imine (C=N–C) groups is 1. The fourth-order valence-corrected chi connectivity index (χ4v) is 2.88. The van der Waals surface area contributed by atoms with E-state index in [0.717, 1.165) is 13.2 Å². The molecule has 0 bridgehead atoms. The number of aryl methyl sites for hydroxylation is 1. The summed E-state index contributed by atoms with van der Waals surface area (Å²) in [4.78, 5) is 5.96. The molecule has 170 valence electrons. The predicted octanol–water partition coefficient (Wildman–Crippen LogP) is 5.43. The van der Waals surface area contributed by atoms with Crippen LogP contribution in [-0.4, -0.2) is 43.2 Å². The molecule has 0 radical (unpaired) electrons. The lowest BCUT2D eigenvalue weighted by Crippen LogP contribution is -2.43. The molecule has 2 rings (SSSR count). The zero-order valence-electron chi connectivity index (χ0n) is 17.3. The summed E-state index contributed by atoms with van der Waals surface area (Å²) in [5.41, 5.74) is -5.52. The van der Waals surface area contributed by atoms with Crippen molar-refractivity contribution >= 4 is 12.0 Å². The van der Waals surface area contributed by atoms with Crippen molar-refractivity contribution in [3.05, 3.63) is 58.7 Å². The third-order valence-corrected chi connectivity index (χ3v) is 4.84. The second kappa shape index (κ2) is 8.78. The largest absolute Gasteiger partial charge is 0.496 e. The maximum Gasteiger partial charge on any atom is 0.425 e. The molecule has 0 spiro atoms. The molecule has 0 heterocycles. The van der Waals surface area contributed by atoms with Crippen molar-refractivity contribution in [2.24, 2.45) is 4.99 Å². The van der Waals surface area contributed by atoms with Crippen LogP contribution in [0.3, 0.4) is 0 Å². The molecule has 0 aliphatic carbocycles. The van der Waals surface area contributed by atoms with Gasteiger partial charge < -0.3 is 14.7 Å². The number of hydrogen-bond donors (Lipinski definition) is 1. The highest BCUT2D eigenvalue weighted by atomic mass is 19.4. The van der Waals surface area contributed by atoms with Crippen molar-refractivity contribution in [2.75, 3.05) is 20.7 Å². The van der Waals surface area contributed by atoms with E-state index in [1.54, 1.807) is 11.9 Å². The summed E-state index contributed by atoms with van der Waals surface area (Å²) in [6, 6.07) is 4.50. The molecular weight excluding hydrogens is 426 g/mol. The number of aliphatic hydroxyl groups is 1. The minimum absolute atomic E-state index is 0.309. The molecule has 31 heavy (non-hydrogen) atoms. The number of hydrogen-bond acceptors (Lipinski definition) is 3. The lowest BCUT2D eigenvalue weighted by molar-refractivity contribution is -0.248. The Kier molecular flexibility index (Phi) is 6.94. The van der Waals surface area contributed by atoms with Crippen LogP contribution in [0.5, 0.6) is 5.75 Å². The second-order valence-corrected chi connectivity index (χ2v) is 6.94. The number of methoxy groups -OCH3 is 1. The van der Waals surface area contributed by atoms with Crippen molar-refractivity contribution < 1.29 is 36.2 Å². The minimum Gasteiger partial charge on any atom is -0.496 e. The van der Waals surface area contributed by atoms with E-state index >= 15 is 0 Å². The van der Waals surface area contributed by atoms with Crippen LogP contribution in [0.4, 0.5) is 32.0 Å². The van der Waals surface area contributed by atoms with E-state index in [1.807, 2.05) is 6.92 Å². The maximum atomic E-state index is 14.1. The highest BCUT2D eigenvalue weighted by molar-refractivity contribution is 5.66. The Bertz CT molecular complexity index is 939. The first kappa shape index (κ1) is 24.5. The van der Waals surface area contributed by atoms with Gasteiger partial charge in [-0.1, -0.05) is 12.1 Å². The van der Waals surface area contributed by atoms with Gasteiger partial charge in [-0.25, -0.2) is 4.99 Å². The predicted molar refractivity (Wildman–Crippen MR) is 105 cm³/mol. The normalized spacial score (nSPS) is 14.5. The molecule has 0 aromatic heterocycles. The third-order valence-electron chi connectivity index (χ3n) is 4.84. The Balaban J connectivity index is 2.69. The Hall–Kier alpha value is -2.75. The number of halogens is 6. The lowest BCUT2D eigenvalue weighted by atomic mass is 9.83. The SMILES string of the molecule is CCN(C)/C=N/c1cc(OC)c(C(O)(c2ccc(C(F)(F)F)cc2)C(F)(F)F)cc1C. The number of ether oxygens (including phenoxy) is 1. The van der Waals surface area contributed by atoms with E-state index in [2.05, 4.69) is 4.99 Å². The molecule has 0 saturated carbocycles. The molecule has 0 saturated heterocycles. The molecule has 4 nitrogen and oxygen atoms in total. The van der Waals surface area contributed by atoms with Crippen LogP contribution in [0.2, 0.25) is 0 Å². The molecular formula is C21H22F6N2O2. The monoisotopic (exact) mass is 448 g/mol. The van der Waals surface area contributed by atoms with Crippen molar-refractivity contribution in [1.82, 2.24) is 4.90 Å². The molecule has 2 aromatic carbocycles. The van der Waals surface area contributed by atoms with Gasteiger partial charge in [-0.05, 0) is 43.2 Å². The number of benzene rings is 2. The quantitative estimate of drug-likeness (QED) is 0.364. The van der Waals surface area contributed by atoms with Crippen LogP contribution in [0.15, 0.2) is 41.4 Å². The van der Waals surface area contributed by atoms with Crippen LogP contribution in [0, 0.1) is 6.92 Å². The molecule has 0 aliphatic rings. The first-order valence-electron chi connectivity index (χ1n) is 9.16. The fraction of sp³-hybridized carbons (Fsp3) is 0.381. The molecule has 0 fully saturated rings. The average Bonchev–Trinajstić information content (AvgIpc) is 2.70. The molecule has 1 N–H and O–H groups in total. The van der Waals surface area contributed by atoms with Gasteiger partial charge in [-0.3, -0.25) is 0 Å². The second-order valence-electron chi connectivity index (χ2n) is 6.94. The number of alkyl halides is 6. The summed E-state index contributed by atoms with van der Waals surface area (Å²) in [7, 11) is 2.89. The van der Waals surface area contributed by atoms with Crippen molar-refractivity contribution in [1.29, 1.82) is 0 Å². The van der Waals surface area contributed by atoms with Crippen LogP contribution < -0.4 is 4.74 Å². The lowest BCUT2D eigenvalue weighted by Gasteiger charge is -2.33. The summed E-state index contributed by atoms with van der Waals surface area (Å²) in [6.45, 7) is 4.04. The van der Waals surface area contributed by atoms with Crippen LogP contribution in [0.1, 0.15) is 29.2 Å². The summed E-state index contributed by atoms with van der Waals surface area (Å²) >= 11 is 0. The number of rotatable bonds is 6. The van der Waals surface area contributed by atoms with Crippen LogP contribution in [0.25, 0.3) is 0 Å². The van der Waals surface area contributed by atoms with Gasteiger partial charge in [-0.15, -0.1) is 0 Å². The third kappa shape index (κ3) is 4.95. The van der Waals surface area contributed by atoms with Crippen LogP contribution >= 0.6 is 0 Å². The molecule has 2 aromatic rings. The van der Waals surface area contributed by atoms with E-state index in [4.69, 9.17) is 4.74 Å². The molecule has 10 heteroatoms. The van der Waals surface area contributed by atoms with Crippen molar-refractivity contribution in [3.63, 3.8) is 0 Å². The minimum atomic E-state index is -5.25. The number of nitrogens with zero attached hydrogens (tertiary/aromatic N) is 2. The molecule has 1 atom stereocenters. The van der Waals surface area contributed by atoms with Gasteiger partial charge in [0.1, 0.15) is 5.75 Å². The summed E-state index contributed by atoms with van der Waals surface area (Å²) in [6.07, 6.45) is -8.48. The van der Waals surface area contributed by atoms with E-state index < -0.39 is 34.6 Å². The van der Waals surface area contributed by atoms with E-state index in [-0.39, 0.29) is 5.75 Å². The van der Waals surface area contributed by atoms with Crippen molar-refractivity contribution in [3.8, 4) is 5.75 Å². The maximum absolute atomic E-state index is 14.1. The van der Waals surface area contributed by atoms with E-state index in [1.165, 1.54) is 19.3 Å². The molecule has 1 unspecified atom stereocenters. The van der Waals surface area contributed by atoms with Gasteiger partial charge in [0.25, 0.3) is 0 Å². The Labute approximate surface area is 175 Å². The average molecular weight is 448 g/mol. The van der Waals surface area contributed by atoms with Gasteiger partial charge in [0.2, 0.25) is 5.60 Å². The Morgan fingerprint density at radius 3 is 2.03 bits per heavy atom. The van der Waals surface area contributed by atoms with E-state index in [0.29, 0.717) is 42.1 Å². The van der Waals surface area contributed by atoms with Crippen molar-refractivity contribution in [2.45, 2.75) is 31.8 Å². The summed E-state index contributed by atoms with van der Waals surface area (Å²) in [5, 5.41) is 10.8. The fourth-order valence-electron chi connectivity index (χ4n) is 2.88. The zero-order valence-corrected chi connectivity index (χ0v) is 17.3. The van der Waals surface area contributed by atoms with Gasteiger partial charge in [0.05, 0.1) is 24.7 Å². The highest BCUT2D eigenvalue weighted by Gasteiger charge is 2.57. The molecule has 0 aliphatic heterocycles. The smallest absolute Gasteiger partial charge is 0.425 e. The van der Waals surface area contributed by atoms with Gasteiger partial charge in [0.15, 0.2) is 0 Å². The Morgan fingerprint density at radius 1 is 1.03 bits per heavy atom. The Morgan fingerprint density at radius 2 is 1.58 bits per heavy atom. The summed E-state index contributed by atoms with van der Waals surface area (Å²) in [5.74, 6) is -0.309. The standard InChI is InChI=1S/C21H22F6N2O2/c1-5-29(3)12-28-17-11-18(31-4)16(10-13(17)2)19(30,21(25,26)27)14-6-8-15(9-7-14)20(22,23)24/h6-12,30H,5H2,1-4H3/b28-12+. The summed E-state index contributed by atoms with van der Waals surface area (Å²) < 4.78 is 85.8. The topological polar surface area (TPSA) is 45.1 Å². The van der Waals surface area contributed by atoms with Gasteiger partial charge >= 0.3 is 12.4 Å². The van der Waals surface area contributed by atoms with E-state index in [9.17, 15) is 31.4 Å². The zero-order chi connectivity index (χ0) is 23.6. The highest BCUT2D eigenvalue weighted by Crippen LogP contribution is 2.49.